The molecule has 15 heavy (non-hydrogen) atoms. The van der Waals surface area contributed by atoms with Gasteiger partial charge in [0.05, 0.1) is 0 Å². The van der Waals surface area contributed by atoms with Crippen LogP contribution in [0.2, 0.25) is 0 Å². The third kappa shape index (κ3) is 1.80. The smallest absolute Gasteiger partial charge is 0.218 e. The predicted molar refractivity (Wildman–Crippen MR) is 54.8 cm³/mol. The van der Waals surface area contributed by atoms with Crippen molar-refractivity contribution in [2.24, 2.45) is 10.3 Å². The predicted octanol–water partition coefficient (Wildman–Crippen LogP) is 2.62. The molecule has 5 heteroatoms. The fourth-order valence-electron chi connectivity index (χ4n) is 1.25. The van der Waals surface area contributed by atoms with Crippen LogP contribution in [0.25, 0.3) is 16.5 Å². The zero-order valence-electron chi connectivity index (χ0n) is 7.62. The van der Waals surface area contributed by atoms with E-state index in [1.165, 1.54) is 0 Å². The number of carbonyl (C=O) groups is 1. The van der Waals surface area contributed by atoms with Crippen molar-refractivity contribution in [2.45, 2.75) is 0 Å². The van der Waals surface area contributed by atoms with Gasteiger partial charge in [-0.15, -0.1) is 0 Å². The van der Waals surface area contributed by atoms with E-state index in [2.05, 4.69) is 10.3 Å². The first-order valence-corrected chi connectivity index (χ1v) is 4.21. The van der Waals surface area contributed by atoms with Gasteiger partial charge in [-0.1, -0.05) is 18.2 Å². The van der Waals surface area contributed by atoms with Crippen LogP contribution >= 0.6 is 0 Å². The normalized spacial score (nSPS) is 10.9. The molecule has 0 atom stereocenters. The third-order valence-corrected chi connectivity index (χ3v) is 1.90. The molecule has 1 aromatic heterocycles. The molecule has 5 nitrogen and oxygen atoms in total. The van der Waals surface area contributed by atoms with Gasteiger partial charge in [-0.2, -0.15) is 0 Å². The summed E-state index contributed by atoms with van der Waals surface area (Å²) in [6.07, 6.45) is 0.887. The Morgan fingerprint density at radius 1 is 1.40 bits per heavy atom. The average molecular weight is 200 g/mol. The quantitative estimate of drug-likeness (QED) is 0.330. The Bertz CT molecular complexity index is 509. The van der Waals surface area contributed by atoms with E-state index >= 15 is 0 Å². The van der Waals surface area contributed by atoms with Crippen molar-refractivity contribution in [1.82, 2.24) is 0 Å². The fraction of sp³-hybridized carbons (Fsp3) is 0. The van der Waals surface area contributed by atoms with Gasteiger partial charge in [-0.25, -0.2) is 0 Å². The number of Topliss-reactive ketones (excluding diaryl/α,β-unsaturated/α-hetero) is 1. The summed E-state index contributed by atoms with van der Waals surface area (Å²) in [7, 11) is 0. The van der Waals surface area contributed by atoms with Crippen molar-refractivity contribution in [1.29, 1.82) is 0 Å². The Hall–Kier alpha value is -2.30. The Kier molecular flexibility index (Phi) is 2.37. The monoisotopic (exact) mass is 200 g/mol. The lowest BCUT2D eigenvalue weighted by molar-refractivity contribution is 0.104. The largest absolute Gasteiger partial charge is 0.453 e. The molecular weight excluding hydrogens is 194 g/mol. The number of hydrogen-bond donors (Lipinski definition) is 0. The lowest BCUT2D eigenvalue weighted by Crippen LogP contribution is -1.96. The van der Waals surface area contributed by atoms with Crippen LogP contribution in [0.1, 0.15) is 10.6 Å². The maximum atomic E-state index is 11.4. The first-order valence-electron chi connectivity index (χ1n) is 4.21. The van der Waals surface area contributed by atoms with Gasteiger partial charge in [0, 0.05) is 5.39 Å². The van der Waals surface area contributed by atoms with Gasteiger partial charge in [0.1, 0.15) is 5.58 Å². The summed E-state index contributed by atoms with van der Waals surface area (Å²) in [6, 6.07) is 8.88. The number of ketones is 1. The SMILES string of the molecule is [N-]=NN=CC(=O)c1cc2ccccc2o1. The van der Waals surface area contributed by atoms with Crippen molar-refractivity contribution in [3.8, 4) is 0 Å². The van der Waals surface area contributed by atoms with Gasteiger partial charge < -0.3 is 15.0 Å². The Morgan fingerprint density at radius 2 is 2.20 bits per heavy atom. The Labute approximate surface area is 84.9 Å². The number of para-hydroxylation sites is 1. The minimum absolute atomic E-state index is 0.170. The minimum Gasteiger partial charge on any atom is -0.453 e. The molecule has 0 fully saturated rings. The van der Waals surface area contributed by atoms with Crippen LogP contribution in [0, 0.1) is 0 Å². The molecule has 1 aromatic carbocycles. The van der Waals surface area contributed by atoms with E-state index in [0.717, 1.165) is 11.6 Å². The molecule has 0 spiro atoms. The van der Waals surface area contributed by atoms with Crippen molar-refractivity contribution in [2.75, 3.05) is 0 Å². The molecule has 74 valence electrons. The van der Waals surface area contributed by atoms with E-state index in [0.29, 0.717) is 5.58 Å². The van der Waals surface area contributed by atoms with Crippen molar-refractivity contribution in [3.05, 3.63) is 41.6 Å². The van der Waals surface area contributed by atoms with Gasteiger partial charge in [0.2, 0.25) is 5.78 Å². The summed E-state index contributed by atoms with van der Waals surface area (Å²) in [5, 5.41) is 6.37. The number of benzene rings is 1. The molecule has 0 aliphatic carbocycles. The first kappa shape index (κ1) is 9.26. The average Bonchev–Trinajstić information content (AvgIpc) is 2.69. The standard InChI is InChI=1S/C10H6N3O2/c11-13-12-6-8(14)10-5-7-3-1-2-4-9(7)15-10/h1-6H/q-1. The second-order valence-corrected chi connectivity index (χ2v) is 2.85. The molecular formula is C10H6N3O2-. The van der Waals surface area contributed by atoms with Crippen molar-refractivity contribution < 1.29 is 9.21 Å². The second-order valence-electron chi connectivity index (χ2n) is 2.85. The van der Waals surface area contributed by atoms with Gasteiger partial charge in [-0.3, -0.25) is 10.0 Å². The molecule has 0 N–H and O–H groups in total. The van der Waals surface area contributed by atoms with Gasteiger partial charge in [0.25, 0.3) is 0 Å². The van der Waals surface area contributed by atoms with Gasteiger partial charge in [0.15, 0.2) is 5.76 Å². The molecule has 0 aliphatic rings. The lowest BCUT2D eigenvalue weighted by atomic mass is 10.2. The number of carbonyl (C=O) groups excluding carboxylic acids is 1. The van der Waals surface area contributed by atoms with Crippen LogP contribution < -0.4 is 0 Å². The highest BCUT2D eigenvalue weighted by atomic mass is 16.3. The number of rotatable bonds is 3. The van der Waals surface area contributed by atoms with E-state index < -0.39 is 5.78 Å². The van der Waals surface area contributed by atoms with Gasteiger partial charge >= 0.3 is 0 Å². The highest BCUT2D eigenvalue weighted by molar-refractivity contribution is 6.34. The molecule has 0 saturated heterocycles. The zero-order chi connectivity index (χ0) is 10.7. The zero-order valence-corrected chi connectivity index (χ0v) is 7.62. The van der Waals surface area contributed by atoms with E-state index in [1.807, 2.05) is 18.2 Å². The van der Waals surface area contributed by atoms with E-state index in [4.69, 9.17) is 9.95 Å². The van der Waals surface area contributed by atoms with Crippen LogP contribution in [-0.2, 0) is 0 Å². The molecule has 0 bridgehead atoms. The highest BCUT2D eigenvalue weighted by Crippen LogP contribution is 2.18. The lowest BCUT2D eigenvalue weighted by Gasteiger charge is -1.88. The first-order chi connectivity index (χ1) is 7.31. The fourth-order valence-corrected chi connectivity index (χ4v) is 1.25. The molecule has 2 aromatic rings. The molecule has 0 saturated carbocycles. The molecule has 2 rings (SSSR count). The summed E-state index contributed by atoms with van der Waals surface area (Å²) in [5.74, 6) is -0.271. The van der Waals surface area contributed by atoms with Crippen LogP contribution in [0.15, 0.2) is 45.1 Å². The number of fused-ring (bicyclic) bond motifs is 1. The van der Waals surface area contributed by atoms with E-state index in [1.54, 1.807) is 12.1 Å². The van der Waals surface area contributed by atoms with Crippen molar-refractivity contribution in [3.63, 3.8) is 0 Å². The topological polar surface area (TPSA) is 77.2 Å². The van der Waals surface area contributed by atoms with E-state index in [-0.39, 0.29) is 5.76 Å². The summed E-state index contributed by atoms with van der Waals surface area (Å²) < 4.78 is 5.26. The molecule has 1 heterocycles. The van der Waals surface area contributed by atoms with Crippen LogP contribution in [0.3, 0.4) is 0 Å². The summed E-state index contributed by atoms with van der Waals surface area (Å²) in [4.78, 5) is 11.4. The third-order valence-electron chi connectivity index (χ3n) is 1.90. The van der Waals surface area contributed by atoms with Gasteiger partial charge in [-0.05, 0) is 18.3 Å². The maximum absolute atomic E-state index is 11.4. The Morgan fingerprint density at radius 3 is 2.93 bits per heavy atom. The highest BCUT2D eigenvalue weighted by Gasteiger charge is 2.07. The minimum atomic E-state index is -0.441. The summed E-state index contributed by atoms with van der Waals surface area (Å²) >= 11 is 0. The van der Waals surface area contributed by atoms with E-state index in [9.17, 15) is 4.79 Å². The molecule has 0 amide bonds. The molecule has 0 unspecified atom stereocenters. The summed E-state index contributed by atoms with van der Waals surface area (Å²) in [6.45, 7) is 0. The van der Waals surface area contributed by atoms with Crippen molar-refractivity contribution >= 4 is 23.0 Å². The maximum Gasteiger partial charge on any atom is 0.218 e. The van der Waals surface area contributed by atoms with Crippen LogP contribution in [0.4, 0.5) is 0 Å². The second kappa shape index (κ2) is 3.83. The number of nitrogens with zero attached hydrogens (tertiary/aromatic N) is 3. The number of hydrogen-bond acceptors (Lipinski definition) is 3. The van der Waals surface area contributed by atoms with Crippen LogP contribution in [0.5, 0.6) is 0 Å². The molecule has 0 aliphatic heterocycles. The molecule has 0 radical (unpaired) electrons. The number of furan rings is 1. The Balaban J connectivity index is 2.40. The summed E-state index contributed by atoms with van der Waals surface area (Å²) in [5.41, 5.74) is 8.68. The van der Waals surface area contributed by atoms with Crippen LogP contribution in [-0.4, -0.2) is 12.0 Å².